The van der Waals surface area contributed by atoms with Gasteiger partial charge in [-0.1, -0.05) is 30.3 Å². The van der Waals surface area contributed by atoms with E-state index in [0.717, 1.165) is 16.2 Å². The number of sulfonamides is 1. The molecule has 22 heavy (non-hydrogen) atoms. The van der Waals surface area contributed by atoms with Gasteiger partial charge >= 0.3 is 0 Å². The molecule has 0 radical (unpaired) electrons. The molecule has 1 aromatic carbocycles. The monoisotopic (exact) mass is 336 g/mol. The van der Waals surface area contributed by atoms with Gasteiger partial charge in [0.05, 0.1) is 11.4 Å². The Labute approximate surface area is 132 Å². The van der Waals surface area contributed by atoms with Crippen molar-refractivity contribution in [2.45, 2.75) is 12.8 Å². The quantitative estimate of drug-likeness (QED) is 0.709. The molecule has 0 spiro atoms. The predicted octanol–water partition coefficient (Wildman–Crippen LogP) is 1.50. The number of thiazole rings is 1. The normalized spacial score (nSPS) is 12.0. The molecular weight excluding hydrogens is 320 g/mol. The van der Waals surface area contributed by atoms with Gasteiger partial charge in [-0.2, -0.15) is 5.10 Å². The fraction of sp³-hybridized carbons (Fsp3) is 0.286. The van der Waals surface area contributed by atoms with E-state index in [1.165, 1.54) is 17.7 Å². The Morgan fingerprint density at radius 2 is 2.00 bits per heavy atom. The van der Waals surface area contributed by atoms with E-state index in [4.69, 9.17) is 0 Å². The van der Waals surface area contributed by atoms with Crippen LogP contribution in [0.4, 0.5) is 0 Å². The van der Waals surface area contributed by atoms with Crippen LogP contribution in [0.1, 0.15) is 11.3 Å². The maximum Gasteiger partial charge on any atom is 0.212 e. The molecule has 1 N–H and O–H groups in total. The summed E-state index contributed by atoms with van der Waals surface area (Å²) < 4.78 is 28.4. The van der Waals surface area contributed by atoms with E-state index >= 15 is 0 Å². The highest BCUT2D eigenvalue weighted by atomic mass is 32.2. The molecule has 0 saturated heterocycles. The number of benzene rings is 1. The molecule has 8 heteroatoms. The van der Waals surface area contributed by atoms with E-state index in [9.17, 15) is 8.42 Å². The number of aryl methyl sites for hydroxylation is 1. The third kappa shape index (κ3) is 3.70. The van der Waals surface area contributed by atoms with Crippen molar-refractivity contribution in [1.82, 2.24) is 19.3 Å². The third-order valence-electron chi connectivity index (χ3n) is 3.29. The lowest BCUT2D eigenvalue weighted by molar-refractivity contribution is 0.580. The first-order valence-electron chi connectivity index (χ1n) is 6.91. The molecule has 2 heterocycles. The van der Waals surface area contributed by atoms with Crippen LogP contribution in [-0.4, -0.2) is 35.3 Å². The van der Waals surface area contributed by atoms with E-state index in [1.807, 2.05) is 35.7 Å². The maximum atomic E-state index is 12.0. The zero-order valence-electron chi connectivity index (χ0n) is 11.8. The molecule has 116 valence electrons. The van der Waals surface area contributed by atoms with Gasteiger partial charge in [-0.25, -0.2) is 22.6 Å². The van der Waals surface area contributed by atoms with Crippen LogP contribution in [0.2, 0.25) is 0 Å². The van der Waals surface area contributed by atoms with Gasteiger partial charge < -0.3 is 0 Å². The fourth-order valence-corrected chi connectivity index (χ4v) is 4.04. The Morgan fingerprint density at radius 3 is 2.82 bits per heavy atom. The molecule has 0 atom stereocenters. The lowest BCUT2D eigenvalue weighted by Crippen LogP contribution is -2.29. The number of hydrogen-bond acceptors (Lipinski definition) is 5. The van der Waals surface area contributed by atoms with Gasteiger partial charge in [0.1, 0.15) is 6.33 Å². The molecule has 3 aromatic rings. The summed E-state index contributed by atoms with van der Waals surface area (Å²) in [6.07, 6.45) is 2.61. The zero-order chi connectivity index (χ0) is 15.4. The van der Waals surface area contributed by atoms with Crippen LogP contribution >= 0.6 is 11.3 Å². The second-order valence-electron chi connectivity index (χ2n) is 4.88. The van der Waals surface area contributed by atoms with E-state index < -0.39 is 10.0 Å². The van der Waals surface area contributed by atoms with Crippen molar-refractivity contribution in [3.05, 3.63) is 53.3 Å². The average molecular weight is 336 g/mol. The number of nitrogens with zero attached hydrogens (tertiary/aromatic N) is 3. The maximum absolute atomic E-state index is 12.0. The molecule has 3 rings (SSSR count). The van der Waals surface area contributed by atoms with Crippen molar-refractivity contribution in [2.24, 2.45) is 0 Å². The Morgan fingerprint density at radius 1 is 1.18 bits per heavy atom. The van der Waals surface area contributed by atoms with E-state index in [-0.39, 0.29) is 5.75 Å². The Kier molecular flexibility index (Phi) is 4.51. The summed E-state index contributed by atoms with van der Waals surface area (Å²) in [7, 11) is -3.26. The van der Waals surface area contributed by atoms with Crippen LogP contribution in [0.25, 0.3) is 4.96 Å². The van der Waals surface area contributed by atoms with Gasteiger partial charge in [0.15, 0.2) is 0 Å². The second kappa shape index (κ2) is 6.55. The molecule has 2 aromatic heterocycles. The summed E-state index contributed by atoms with van der Waals surface area (Å²) in [6, 6.07) is 9.61. The summed E-state index contributed by atoms with van der Waals surface area (Å²) in [6.45, 7) is 0.364. The van der Waals surface area contributed by atoms with E-state index in [1.54, 1.807) is 4.52 Å². The third-order valence-corrected chi connectivity index (χ3v) is 5.56. The number of fused-ring (bicyclic) bond motifs is 1. The number of hydrogen-bond donors (Lipinski definition) is 1. The summed E-state index contributed by atoms with van der Waals surface area (Å²) in [5.74, 6) is 0.0966. The van der Waals surface area contributed by atoms with Crippen molar-refractivity contribution in [2.75, 3.05) is 12.3 Å². The standard InChI is InChI=1S/C14H16N4O2S2/c19-22(20,9-7-12-4-2-1-3-5-12)17-8-6-13-10-21-14-15-11-16-18(13)14/h1-5,10-11,17H,6-9H2. The minimum absolute atomic E-state index is 0.0966. The first-order valence-corrected chi connectivity index (χ1v) is 9.45. The van der Waals surface area contributed by atoms with Crippen LogP contribution in [0.15, 0.2) is 42.0 Å². The average Bonchev–Trinajstić information content (AvgIpc) is 3.11. The fourth-order valence-electron chi connectivity index (χ4n) is 2.15. The molecule has 0 aliphatic carbocycles. The summed E-state index contributed by atoms with van der Waals surface area (Å²) >= 11 is 1.50. The largest absolute Gasteiger partial charge is 0.215 e. The first-order chi connectivity index (χ1) is 10.6. The van der Waals surface area contributed by atoms with Gasteiger partial charge in [-0.15, -0.1) is 11.3 Å². The molecule has 0 saturated carbocycles. The predicted molar refractivity (Wildman–Crippen MR) is 86.5 cm³/mol. The van der Waals surface area contributed by atoms with Crippen molar-refractivity contribution in [3.63, 3.8) is 0 Å². The number of rotatable bonds is 7. The van der Waals surface area contributed by atoms with Gasteiger partial charge in [0.2, 0.25) is 15.0 Å². The van der Waals surface area contributed by atoms with Crippen LogP contribution < -0.4 is 4.72 Å². The molecule has 0 fully saturated rings. The molecule has 0 aliphatic heterocycles. The van der Waals surface area contributed by atoms with E-state index in [2.05, 4.69) is 14.8 Å². The molecule has 0 bridgehead atoms. The topological polar surface area (TPSA) is 76.4 Å². The Bertz CT molecular complexity index is 840. The van der Waals surface area contributed by atoms with Gasteiger partial charge in [-0.3, -0.25) is 0 Å². The lowest BCUT2D eigenvalue weighted by Gasteiger charge is -2.06. The second-order valence-corrected chi connectivity index (χ2v) is 7.64. The number of aromatic nitrogens is 3. The summed E-state index contributed by atoms with van der Waals surface area (Å²) in [5, 5.41) is 6.06. The smallest absolute Gasteiger partial charge is 0.212 e. The summed E-state index contributed by atoms with van der Waals surface area (Å²) in [4.78, 5) is 4.91. The highest BCUT2D eigenvalue weighted by Gasteiger charge is 2.11. The van der Waals surface area contributed by atoms with Crippen molar-refractivity contribution in [3.8, 4) is 0 Å². The van der Waals surface area contributed by atoms with E-state index in [0.29, 0.717) is 19.4 Å². The van der Waals surface area contributed by atoms with Gasteiger partial charge in [-0.05, 0) is 12.0 Å². The van der Waals surface area contributed by atoms with Crippen molar-refractivity contribution < 1.29 is 8.42 Å². The molecule has 0 aliphatic rings. The highest BCUT2D eigenvalue weighted by molar-refractivity contribution is 7.89. The number of nitrogens with one attached hydrogen (secondary N) is 1. The Balaban J connectivity index is 1.51. The molecule has 0 amide bonds. The minimum atomic E-state index is -3.26. The molecule has 0 unspecified atom stereocenters. The summed E-state index contributed by atoms with van der Waals surface area (Å²) in [5.41, 5.74) is 1.98. The minimum Gasteiger partial charge on any atom is -0.215 e. The molecular formula is C14H16N4O2S2. The van der Waals surface area contributed by atoms with Crippen LogP contribution in [0.5, 0.6) is 0 Å². The van der Waals surface area contributed by atoms with Gasteiger partial charge in [0, 0.05) is 18.3 Å². The van der Waals surface area contributed by atoms with Crippen LogP contribution in [0.3, 0.4) is 0 Å². The highest BCUT2D eigenvalue weighted by Crippen LogP contribution is 2.12. The lowest BCUT2D eigenvalue weighted by atomic mass is 10.2. The van der Waals surface area contributed by atoms with Crippen molar-refractivity contribution in [1.29, 1.82) is 0 Å². The SMILES string of the molecule is O=S(=O)(CCc1ccccc1)NCCc1csc2ncnn12. The van der Waals surface area contributed by atoms with Gasteiger partial charge in [0.25, 0.3) is 0 Å². The van der Waals surface area contributed by atoms with Crippen molar-refractivity contribution >= 4 is 26.3 Å². The van der Waals surface area contributed by atoms with Crippen LogP contribution in [-0.2, 0) is 22.9 Å². The Hall–Kier alpha value is -1.77. The molecule has 6 nitrogen and oxygen atoms in total. The first kappa shape index (κ1) is 15.1. The zero-order valence-corrected chi connectivity index (χ0v) is 13.5. The van der Waals surface area contributed by atoms with Crippen LogP contribution in [0, 0.1) is 0 Å².